The van der Waals surface area contributed by atoms with Gasteiger partial charge in [-0.1, -0.05) is 158 Å². The van der Waals surface area contributed by atoms with Crippen molar-refractivity contribution >= 4 is 114 Å². The summed E-state index contributed by atoms with van der Waals surface area (Å²) in [7, 11) is 0. The van der Waals surface area contributed by atoms with Crippen LogP contribution in [-0.4, -0.2) is 58.2 Å². The lowest BCUT2D eigenvalue weighted by molar-refractivity contribution is 0.0608. The predicted octanol–water partition coefficient (Wildman–Crippen LogP) is 15.5. The summed E-state index contributed by atoms with van der Waals surface area (Å²) in [6.45, 7) is 2.22. The maximum absolute atomic E-state index is 15.5. The minimum Gasteiger partial charge on any atom is -0.274 e. The number of hydrogen-bond donors (Lipinski definition) is 0. The van der Waals surface area contributed by atoms with E-state index in [1.807, 2.05) is 189 Å². The Labute approximate surface area is 515 Å². The lowest BCUT2D eigenvalue weighted by Crippen LogP contribution is -2.42. The highest BCUT2D eigenvalue weighted by atomic mass is 32.1. The van der Waals surface area contributed by atoms with Gasteiger partial charge < -0.3 is 0 Å². The molecule has 0 bridgehead atoms. The molecule has 0 saturated heterocycles. The van der Waals surface area contributed by atoms with E-state index in [1.54, 1.807) is 0 Å². The molecule has 0 spiro atoms. The Morgan fingerprint density at radius 3 is 0.989 bits per heavy atom. The molecule has 0 radical (unpaired) electrons. The van der Waals surface area contributed by atoms with Gasteiger partial charge in [-0.25, -0.2) is 0 Å². The molecular formula is C72H39N9O2S4. The fourth-order valence-corrected chi connectivity index (χ4v) is 13.2. The third-order valence-electron chi connectivity index (χ3n) is 15.4. The number of carbonyl (C=O) groups is 2. The van der Waals surface area contributed by atoms with Crippen LogP contribution < -0.4 is 0 Å². The van der Waals surface area contributed by atoms with Crippen molar-refractivity contribution < 1.29 is 9.59 Å². The molecule has 87 heavy (non-hydrogen) atoms. The Kier molecular flexibility index (Phi) is 13.7. The van der Waals surface area contributed by atoms with Gasteiger partial charge in [0.1, 0.15) is 44.1 Å². The van der Waals surface area contributed by atoms with Gasteiger partial charge in [0, 0.05) is 67.6 Å². The first-order valence-electron chi connectivity index (χ1n) is 27.8. The van der Waals surface area contributed by atoms with Gasteiger partial charge in [0.15, 0.2) is 0 Å². The molecule has 408 valence electrons. The number of imide groups is 1. The van der Waals surface area contributed by atoms with E-state index in [-0.39, 0.29) is 17.7 Å². The second kappa shape index (κ2) is 22.6. The fourth-order valence-electron chi connectivity index (χ4n) is 11.0. The summed E-state index contributed by atoms with van der Waals surface area (Å²) in [5.41, 5.74) is 19.8. The van der Waals surface area contributed by atoms with Crippen molar-refractivity contribution in [3.05, 3.63) is 238 Å². The number of nitrogens with zero attached hydrogens (tertiary/aromatic N) is 9. The van der Waals surface area contributed by atoms with E-state index >= 15 is 9.59 Å². The normalized spacial score (nSPS) is 11.8. The van der Waals surface area contributed by atoms with Crippen molar-refractivity contribution in [1.29, 1.82) is 0 Å². The minimum atomic E-state index is -0.447. The molecule has 0 aliphatic carbocycles. The molecule has 0 saturated carbocycles. The van der Waals surface area contributed by atoms with E-state index in [2.05, 4.69) is 82.4 Å². The van der Waals surface area contributed by atoms with Gasteiger partial charge >= 0.3 is 0 Å². The molecule has 11 nitrogen and oxygen atoms in total. The second-order valence-corrected chi connectivity index (χ2v) is 22.7. The topological polar surface area (TPSA) is 140 Å². The average Bonchev–Trinajstić information content (AvgIpc) is 1.58. The van der Waals surface area contributed by atoms with Crippen molar-refractivity contribution in [2.24, 2.45) is 0 Å². The van der Waals surface area contributed by atoms with Crippen LogP contribution in [0, 0.1) is 47.4 Å². The SMILES string of the molecule is CCCCN1C(=O)c2c(C#Cc3ccc(-c4cccc5nsnc45)cc3)c(C#Cc3ccc(-c4cccc5nsnc45)cc3)cc3cc(C#Cc4ccc(-c5cccc6nsnc56)cc4)c(C#Cc4ccc(-c5cccc6nsnc56)cc4)c(c23)C1=O. The largest absolute Gasteiger partial charge is 0.274 e. The molecule has 0 atom stereocenters. The molecule has 0 unspecified atom stereocenters. The van der Waals surface area contributed by atoms with Crippen LogP contribution in [-0.2, 0) is 0 Å². The minimum absolute atomic E-state index is 0.181. The van der Waals surface area contributed by atoms with Crippen molar-refractivity contribution in [1.82, 2.24) is 39.9 Å². The zero-order valence-electron chi connectivity index (χ0n) is 45.9. The number of carbonyl (C=O) groups excluding carboxylic acids is 2. The number of hydrogen-bond acceptors (Lipinski definition) is 14. The molecule has 4 aromatic heterocycles. The zero-order chi connectivity index (χ0) is 58.4. The highest BCUT2D eigenvalue weighted by molar-refractivity contribution is 7.00. The Morgan fingerprint density at radius 1 is 0.368 bits per heavy atom. The number of unbranched alkanes of at least 4 members (excludes halogenated alkanes) is 1. The van der Waals surface area contributed by atoms with Crippen LogP contribution in [0.15, 0.2) is 182 Å². The summed E-state index contributed by atoms with van der Waals surface area (Å²) in [4.78, 5) is 32.3. The molecule has 14 aromatic rings. The van der Waals surface area contributed by atoms with Gasteiger partial charge in [0.05, 0.1) is 69.2 Å². The van der Waals surface area contributed by atoms with Crippen LogP contribution in [0.1, 0.15) is 85.0 Å². The summed E-state index contributed by atoms with van der Waals surface area (Å²) >= 11 is 4.75. The van der Waals surface area contributed by atoms with Crippen molar-refractivity contribution in [2.45, 2.75) is 19.8 Å². The number of benzene rings is 10. The van der Waals surface area contributed by atoms with Gasteiger partial charge in [-0.05, 0) is 119 Å². The first-order chi connectivity index (χ1) is 42.9. The molecule has 15 rings (SSSR count). The molecule has 10 aromatic carbocycles. The monoisotopic (exact) mass is 1190 g/mol. The van der Waals surface area contributed by atoms with Gasteiger partial charge in [-0.15, -0.1) is 0 Å². The Morgan fingerprint density at radius 2 is 0.678 bits per heavy atom. The lowest BCUT2D eigenvalue weighted by atomic mass is 9.83. The predicted molar refractivity (Wildman–Crippen MR) is 350 cm³/mol. The maximum Gasteiger partial charge on any atom is 0.262 e. The second-order valence-electron chi connectivity index (χ2n) is 20.6. The van der Waals surface area contributed by atoms with E-state index in [4.69, 9.17) is 0 Å². The van der Waals surface area contributed by atoms with Gasteiger partial charge in [0.2, 0.25) is 0 Å². The molecule has 2 amide bonds. The Hall–Kier alpha value is -10.9. The van der Waals surface area contributed by atoms with Gasteiger partial charge in [0.25, 0.3) is 11.8 Å². The molecule has 15 heteroatoms. The van der Waals surface area contributed by atoms with Crippen molar-refractivity contribution in [3.8, 4) is 91.9 Å². The van der Waals surface area contributed by atoms with Crippen LogP contribution in [0.25, 0.3) is 99.4 Å². The third-order valence-corrected chi connectivity index (χ3v) is 17.5. The zero-order valence-corrected chi connectivity index (χ0v) is 49.2. The van der Waals surface area contributed by atoms with Crippen LogP contribution in [0.2, 0.25) is 0 Å². The quantitative estimate of drug-likeness (QED) is 0.112. The number of amides is 2. The van der Waals surface area contributed by atoms with E-state index in [9.17, 15) is 0 Å². The maximum atomic E-state index is 15.5. The summed E-state index contributed by atoms with van der Waals surface area (Å²) in [5.74, 6) is 26.6. The summed E-state index contributed by atoms with van der Waals surface area (Å²) in [6, 6.07) is 59.7. The first-order valence-corrected chi connectivity index (χ1v) is 30.7. The molecule has 5 heterocycles. The molecule has 0 fully saturated rings. The molecule has 0 N–H and O–H groups in total. The third kappa shape index (κ3) is 9.93. The van der Waals surface area contributed by atoms with Gasteiger partial charge in [-0.2, -0.15) is 35.0 Å². The van der Waals surface area contributed by atoms with Gasteiger partial charge in [-0.3, -0.25) is 14.5 Å². The van der Waals surface area contributed by atoms with Crippen molar-refractivity contribution in [3.63, 3.8) is 0 Å². The summed E-state index contributed by atoms with van der Waals surface area (Å²) in [6.07, 6.45) is 1.32. The number of aromatic nitrogens is 8. The van der Waals surface area contributed by atoms with E-state index in [0.717, 1.165) is 106 Å². The van der Waals surface area contributed by atoms with E-state index < -0.39 is 11.8 Å². The van der Waals surface area contributed by atoms with Crippen LogP contribution in [0.5, 0.6) is 0 Å². The van der Waals surface area contributed by atoms with Crippen molar-refractivity contribution in [2.75, 3.05) is 6.54 Å². The summed E-state index contributed by atoms with van der Waals surface area (Å²) < 4.78 is 36.1. The van der Waals surface area contributed by atoms with Crippen LogP contribution in [0.4, 0.5) is 0 Å². The highest BCUT2D eigenvalue weighted by Crippen LogP contribution is 2.39. The molecule has 1 aliphatic rings. The molecule has 1 aliphatic heterocycles. The highest BCUT2D eigenvalue weighted by Gasteiger charge is 2.37. The Bertz CT molecular complexity index is 5080. The number of rotatable bonds is 7. The Balaban J connectivity index is 0.914. The van der Waals surface area contributed by atoms with Crippen LogP contribution >= 0.6 is 46.9 Å². The fraction of sp³-hybridized carbons (Fsp3) is 0.0556. The van der Waals surface area contributed by atoms with E-state index in [1.165, 1.54) is 51.8 Å². The lowest BCUT2D eigenvalue weighted by Gasteiger charge is -2.29. The smallest absolute Gasteiger partial charge is 0.262 e. The first kappa shape index (κ1) is 52.9. The van der Waals surface area contributed by atoms with E-state index in [0.29, 0.717) is 50.6 Å². The summed E-state index contributed by atoms with van der Waals surface area (Å²) in [5, 5.41) is 1.06. The molecular weight excluding hydrogens is 1150 g/mol. The standard InChI is InChI=1S/C72H39N9O2S4/c1-2-3-40-81-71(82)65-54(38-26-45-20-32-49(33-21-45)58-10-6-14-62-69(58)79-86-75-62)51(36-24-43-16-28-47(29-17-43)56-8-4-12-60-67(56)77-84-73-60)41-53-42-52(37-25-44-18-30-48(31-19-44)57-9-5-13-61-68(57)78-85-74-61)55(66(64(53)65)72(81)83)39-27-46-22-34-50(35-23-46)59-11-7-15-63-70(59)80-87-76-63/h4-23,28-35,41-42H,2-3,40H2,1H3. The van der Waals surface area contributed by atoms with Crippen LogP contribution in [0.3, 0.4) is 0 Å². The average molecular weight is 1190 g/mol. The number of fused-ring (bicyclic) bond motifs is 4.